The van der Waals surface area contributed by atoms with Gasteiger partial charge >= 0.3 is 12.4 Å². The third kappa shape index (κ3) is 4.92. The Hall–Kier alpha value is -2.81. The highest BCUT2D eigenvalue weighted by atomic mass is 19.4. The summed E-state index contributed by atoms with van der Waals surface area (Å²) in [6, 6.07) is 8.52. The van der Waals surface area contributed by atoms with Gasteiger partial charge in [0.1, 0.15) is 11.6 Å². The van der Waals surface area contributed by atoms with Crippen LogP contribution in [0.2, 0.25) is 0 Å². The highest BCUT2D eigenvalue weighted by molar-refractivity contribution is 5.88. The molecule has 3 rings (SSSR count). The molecule has 2 aromatic rings. The Labute approximate surface area is 159 Å². The van der Waals surface area contributed by atoms with E-state index in [4.69, 9.17) is 0 Å². The Kier molecular flexibility index (Phi) is 5.46. The van der Waals surface area contributed by atoms with E-state index in [0.717, 1.165) is 5.56 Å². The van der Waals surface area contributed by atoms with E-state index in [2.05, 4.69) is 15.0 Å². The molecule has 0 aliphatic carbocycles. The maximum atomic E-state index is 12.4. The van der Waals surface area contributed by atoms with Gasteiger partial charge in [0.25, 0.3) is 0 Å². The number of likely N-dealkylation sites (tertiary alicyclic amines) is 1. The summed E-state index contributed by atoms with van der Waals surface area (Å²) < 4.78 is 41.2. The van der Waals surface area contributed by atoms with Crippen molar-refractivity contribution in [3.05, 3.63) is 53.7 Å². The Balaban J connectivity index is 1.63. The average molecular weight is 395 g/mol. The van der Waals surface area contributed by atoms with Crippen molar-refractivity contribution in [1.82, 2.24) is 9.88 Å². The number of benzene rings is 1. The molecular formula is C19H20F3N3O3. The van der Waals surface area contributed by atoms with Crippen LogP contribution in [0.25, 0.3) is 0 Å². The second kappa shape index (κ2) is 7.67. The van der Waals surface area contributed by atoms with Gasteiger partial charge in [0.2, 0.25) is 0 Å². The van der Waals surface area contributed by atoms with Gasteiger partial charge in [-0.3, -0.25) is 5.32 Å². The van der Waals surface area contributed by atoms with Crippen LogP contribution in [0, 0.1) is 6.92 Å². The predicted molar refractivity (Wildman–Crippen MR) is 95.8 cm³/mol. The lowest BCUT2D eigenvalue weighted by Gasteiger charge is -2.38. The van der Waals surface area contributed by atoms with E-state index >= 15 is 0 Å². The van der Waals surface area contributed by atoms with Gasteiger partial charge in [-0.15, -0.1) is 13.2 Å². The van der Waals surface area contributed by atoms with Crippen LogP contribution in [0.1, 0.15) is 24.0 Å². The Bertz CT molecular complexity index is 850. The molecule has 1 aliphatic heterocycles. The fourth-order valence-electron chi connectivity index (χ4n) is 3.14. The number of aliphatic hydroxyl groups is 1. The van der Waals surface area contributed by atoms with Crippen molar-refractivity contribution in [2.45, 2.75) is 31.7 Å². The molecule has 1 aromatic carbocycles. The molecule has 0 unspecified atom stereocenters. The number of aromatic nitrogens is 1. The number of carbonyl (C=O) groups excluding carboxylic acids is 1. The number of alkyl halides is 3. The van der Waals surface area contributed by atoms with E-state index in [-0.39, 0.29) is 37.7 Å². The number of amides is 2. The van der Waals surface area contributed by atoms with Crippen molar-refractivity contribution in [3.8, 4) is 5.75 Å². The van der Waals surface area contributed by atoms with Crippen LogP contribution in [0.15, 0.2) is 42.6 Å². The summed E-state index contributed by atoms with van der Waals surface area (Å²) in [5.41, 5.74) is -0.0440. The smallest absolute Gasteiger partial charge is 0.406 e. The van der Waals surface area contributed by atoms with Crippen molar-refractivity contribution >= 4 is 11.8 Å². The number of halogens is 3. The molecular weight excluding hydrogens is 375 g/mol. The molecule has 1 aromatic heterocycles. The number of aryl methyl sites for hydroxylation is 1. The minimum absolute atomic E-state index is 0.192. The first kappa shape index (κ1) is 19.9. The highest BCUT2D eigenvalue weighted by Gasteiger charge is 2.37. The molecule has 9 heteroatoms. The zero-order chi connectivity index (χ0) is 20.4. The third-order valence-corrected chi connectivity index (χ3v) is 4.63. The summed E-state index contributed by atoms with van der Waals surface area (Å²) in [5, 5.41) is 13.6. The number of rotatable bonds is 3. The number of anilines is 1. The fraction of sp³-hybridized carbons (Fsp3) is 0.368. The van der Waals surface area contributed by atoms with Gasteiger partial charge in [0.15, 0.2) is 0 Å². The molecule has 2 heterocycles. The SMILES string of the molecule is Cc1ccnc(NC(=O)N2CCC(O)(c3cccc(OC(F)(F)F)c3)CC2)c1. The summed E-state index contributed by atoms with van der Waals surface area (Å²) in [5.74, 6) is 0.0481. The molecule has 150 valence electrons. The van der Waals surface area contributed by atoms with Crippen molar-refractivity contribution in [2.24, 2.45) is 0 Å². The lowest BCUT2D eigenvalue weighted by Crippen LogP contribution is -2.46. The van der Waals surface area contributed by atoms with E-state index in [9.17, 15) is 23.1 Å². The van der Waals surface area contributed by atoms with Gasteiger partial charge in [-0.2, -0.15) is 0 Å². The molecule has 0 bridgehead atoms. The van der Waals surface area contributed by atoms with Gasteiger partial charge in [-0.25, -0.2) is 9.78 Å². The number of pyridine rings is 1. The number of ether oxygens (including phenoxy) is 1. The minimum Gasteiger partial charge on any atom is -0.406 e. The van der Waals surface area contributed by atoms with E-state index in [1.165, 1.54) is 23.1 Å². The van der Waals surface area contributed by atoms with Crippen LogP contribution in [-0.2, 0) is 5.60 Å². The van der Waals surface area contributed by atoms with E-state index in [0.29, 0.717) is 11.4 Å². The number of hydrogen-bond donors (Lipinski definition) is 2. The Morgan fingerprint density at radius 1 is 1.25 bits per heavy atom. The first-order chi connectivity index (χ1) is 13.1. The van der Waals surface area contributed by atoms with Crippen molar-refractivity contribution in [3.63, 3.8) is 0 Å². The normalized spacial score (nSPS) is 16.5. The zero-order valence-electron chi connectivity index (χ0n) is 15.2. The molecule has 6 nitrogen and oxygen atoms in total. The van der Waals surface area contributed by atoms with Crippen LogP contribution in [0.4, 0.5) is 23.8 Å². The number of carbonyl (C=O) groups is 1. The molecule has 2 N–H and O–H groups in total. The van der Waals surface area contributed by atoms with Crippen LogP contribution in [0.5, 0.6) is 5.75 Å². The number of piperidine rings is 1. The predicted octanol–water partition coefficient (Wildman–Crippen LogP) is 3.80. The first-order valence-corrected chi connectivity index (χ1v) is 8.72. The Morgan fingerprint density at radius 3 is 2.61 bits per heavy atom. The van der Waals surface area contributed by atoms with Gasteiger partial charge < -0.3 is 14.7 Å². The van der Waals surface area contributed by atoms with Crippen molar-refractivity contribution in [1.29, 1.82) is 0 Å². The summed E-state index contributed by atoms with van der Waals surface area (Å²) in [7, 11) is 0. The maximum Gasteiger partial charge on any atom is 0.573 e. The third-order valence-electron chi connectivity index (χ3n) is 4.63. The molecule has 0 atom stereocenters. The number of hydrogen-bond acceptors (Lipinski definition) is 4. The lowest BCUT2D eigenvalue weighted by molar-refractivity contribution is -0.274. The van der Waals surface area contributed by atoms with Gasteiger partial charge in [-0.05, 0) is 55.2 Å². The topological polar surface area (TPSA) is 74.7 Å². The van der Waals surface area contributed by atoms with Gasteiger partial charge in [-0.1, -0.05) is 12.1 Å². The number of nitrogens with zero attached hydrogens (tertiary/aromatic N) is 2. The van der Waals surface area contributed by atoms with E-state index in [1.807, 2.05) is 13.0 Å². The van der Waals surface area contributed by atoms with Gasteiger partial charge in [0.05, 0.1) is 5.60 Å². The molecule has 0 saturated carbocycles. The van der Waals surface area contributed by atoms with Crippen LogP contribution in [0.3, 0.4) is 0 Å². The summed E-state index contributed by atoms with van der Waals surface area (Å²) in [4.78, 5) is 18.0. The molecule has 2 amide bonds. The quantitative estimate of drug-likeness (QED) is 0.829. The molecule has 1 fully saturated rings. The number of urea groups is 1. The largest absolute Gasteiger partial charge is 0.573 e. The van der Waals surface area contributed by atoms with E-state index < -0.39 is 12.0 Å². The summed E-state index contributed by atoms with van der Waals surface area (Å²) >= 11 is 0. The Morgan fingerprint density at radius 2 is 1.96 bits per heavy atom. The number of nitrogens with one attached hydrogen (secondary N) is 1. The summed E-state index contributed by atoms with van der Waals surface area (Å²) in [6.07, 6.45) is -2.82. The second-order valence-corrected chi connectivity index (χ2v) is 6.74. The molecule has 0 radical (unpaired) electrons. The van der Waals surface area contributed by atoms with Crippen LogP contribution >= 0.6 is 0 Å². The second-order valence-electron chi connectivity index (χ2n) is 6.74. The fourth-order valence-corrected chi connectivity index (χ4v) is 3.14. The minimum atomic E-state index is -4.80. The molecule has 0 spiro atoms. The van der Waals surface area contributed by atoms with Crippen molar-refractivity contribution < 1.29 is 27.8 Å². The standard InChI is InChI=1S/C19H20F3N3O3/c1-13-5-8-23-16(11-13)24-17(26)25-9-6-18(27,7-10-25)14-3-2-4-15(12-14)28-19(20,21)22/h2-5,8,11-12,27H,6-7,9-10H2,1H3,(H,23,24,26). The van der Waals surface area contributed by atoms with Crippen LogP contribution < -0.4 is 10.1 Å². The van der Waals surface area contributed by atoms with Crippen molar-refractivity contribution in [2.75, 3.05) is 18.4 Å². The molecule has 1 saturated heterocycles. The summed E-state index contributed by atoms with van der Waals surface area (Å²) in [6.45, 7) is 2.38. The average Bonchev–Trinajstić information content (AvgIpc) is 2.61. The van der Waals surface area contributed by atoms with Gasteiger partial charge in [0, 0.05) is 19.3 Å². The highest BCUT2D eigenvalue weighted by Crippen LogP contribution is 2.35. The zero-order valence-corrected chi connectivity index (χ0v) is 15.2. The maximum absolute atomic E-state index is 12.4. The van der Waals surface area contributed by atoms with E-state index in [1.54, 1.807) is 18.3 Å². The lowest BCUT2D eigenvalue weighted by atomic mass is 9.84. The van der Waals surface area contributed by atoms with Crippen LogP contribution in [-0.4, -0.2) is 40.5 Å². The molecule has 1 aliphatic rings. The first-order valence-electron chi connectivity index (χ1n) is 8.72. The monoisotopic (exact) mass is 395 g/mol. The molecule has 28 heavy (non-hydrogen) atoms.